The van der Waals surface area contributed by atoms with Crippen molar-refractivity contribution >= 4 is 22.4 Å². The van der Waals surface area contributed by atoms with E-state index in [2.05, 4.69) is 20.4 Å². The van der Waals surface area contributed by atoms with Gasteiger partial charge in [-0.15, -0.1) is 10.2 Å². The number of aromatic nitrogens is 2. The number of piperazine rings is 1. The molecule has 6 heteroatoms. The summed E-state index contributed by atoms with van der Waals surface area (Å²) in [5.41, 5.74) is 8.49. The van der Waals surface area contributed by atoms with Gasteiger partial charge in [0.15, 0.2) is 5.82 Å². The van der Waals surface area contributed by atoms with Crippen molar-refractivity contribution in [2.75, 3.05) is 36.8 Å². The number of aliphatic hydroxyl groups is 1. The van der Waals surface area contributed by atoms with E-state index in [0.717, 1.165) is 48.3 Å². The molecule has 20 heavy (non-hydrogen) atoms. The van der Waals surface area contributed by atoms with Crippen LogP contribution in [-0.2, 0) is 0 Å². The highest BCUT2D eigenvalue weighted by Gasteiger charge is 2.19. The molecule has 6 nitrogen and oxygen atoms in total. The summed E-state index contributed by atoms with van der Waals surface area (Å²) in [6.07, 6.45) is -0.576. The predicted octanol–water partition coefficient (Wildman–Crippen LogP) is 0.675. The van der Waals surface area contributed by atoms with E-state index in [4.69, 9.17) is 5.73 Å². The molecular formula is C14H19N5O. The molecule has 0 bridgehead atoms. The van der Waals surface area contributed by atoms with Gasteiger partial charge in [-0.25, -0.2) is 0 Å². The van der Waals surface area contributed by atoms with Gasteiger partial charge in [-0.2, -0.15) is 0 Å². The molecule has 1 fully saturated rings. The van der Waals surface area contributed by atoms with Crippen LogP contribution < -0.4 is 16.0 Å². The summed E-state index contributed by atoms with van der Waals surface area (Å²) in [6.45, 7) is 5.38. The quantitative estimate of drug-likeness (QED) is 0.745. The Hall–Kier alpha value is -1.92. The molecule has 3 rings (SSSR count). The van der Waals surface area contributed by atoms with Crippen LogP contribution in [0.5, 0.6) is 0 Å². The second-order valence-corrected chi connectivity index (χ2v) is 5.09. The minimum absolute atomic E-state index is 0.446. The van der Waals surface area contributed by atoms with Crippen LogP contribution in [0.15, 0.2) is 18.2 Å². The van der Waals surface area contributed by atoms with Gasteiger partial charge in [0.25, 0.3) is 0 Å². The lowest BCUT2D eigenvalue weighted by atomic mass is 10.0. The minimum Gasteiger partial charge on any atom is -0.389 e. The minimum atomic E-state index is -0.576. The van der Waals surface area contributed by atoms with Crippen LogP contribution in [0.4, 0.5) is 11.5 Å². The van der Waals surface area contributed by atoms with Gasteiger partial charge in [-0.3, -0.25) is 0 Å². The zero-order valence-corrected chi connectivity index (χ0v) is 11.5. The molecule has 1 atom stereocenters. The van der Waals surface area contributed by atoms with Crippen molar-refractivity contribution in [1.82, 2.24) is 15.5 Å². The first-order valence-electron chi connectivity index (χ1n) is 6.87. The molecular weight excluding hydrogens is 254 g/mol. The number of hydrogen-bond acceptors (Lipinski definition) is 6. The first kappa shape index (κ1) is 13.1. The summed E-state index contributed by atoms with van der Waals surface area (Å²) in [5, 5.41) is 22.4. The zero-order chi connectivity index (χ0) is 14.1. The molecule has 1 saturated heterocycles. The summed E-state index contributed by atoms with van der Waals surface area (Å²) in [4.78, 5) is 2.23. The van der Waals surface area contributed by atoms with Gasteiger partial charge in [-0.1, -0.05) is 18.2 Å². The highest BCUT2D eigenvalue weighted by molar-refractivity contribution is 5.97. The van der Waals surface area contributed by atoms with Crippen LogP contribution in [-0.4, -0.2) is 41.5 Å². The number of aliphatic hydroxyl groups excluding tert-OH is 1. The van der Waals surface area contributed by atoms with Crippen LogP contribution in [0.2, 0.25) is 0 Å². The summed E-state index contributed by atoms with van der Waals surface area (Å²) < 4.78 is 0. The van der Waals surface area contributed by atoms with Crippen LogP contribution in [0.1, 0.15) is 18.6 Å². The third kappa shape index (κ3) is 2.17. The average Bonchev–Trinajstić information content (AvgIpc) is 2.47. The molecule has 106 valence electrons. The average molecular weight is 273 g/mol. The summed E-state index contributed by atoms with van der Waals surface area (Å²) in [6, 6.07) is 5.79. The Bertz CT molecular complexity index is 622. The van der Waals surface area contributed by atoms with Crippen LogP contribution in [0.25, 0.3) is 10.9 Å². The number of benzene rings is 1. The van der Waals surface area contributed by atoms with Crippen molar-refractivity contribution in [2.45, 2.75) is 13.0 Å². The fourth-order valence-electron chi connectivity index (χ4n) is 2.71. The topological polar surface area (TPSA) is 87.3 Å². The van der Waals surface area contributed by atoms with Crippen LogP contribution in [0, 0.1) is 0 Å². The molecule has 2 aromatic rings. The van der Waals surface area contributed by atoms with E-state index in [1.165, 1.54) is 0 Å². The summed E-state index contributed by atoms with van der Waals surface area (Å²) >= 11 is 0. The van der Waals surface area contributed by atoms with Gasteiger partial charge in [0, 0.05) is 37.1 Å². The number of anilines is 2. The molecule has 0 spiro atoms. The molecule has 0 aliphatic carbocycles. The molecule has 1 aromatic carbocycles. The third-order valence-corrected chi connectivity index (χ3v) is 3.71. The number of nitrogens with zero attached hydrogens (tertiary/aromatic N) is 3. The van der Waals surface area contributed by atoms with E-state index >= 15 is 0 Å². The molecule has 0 saturated carbocycles. The third-order valence-electron chi connectivity index (χ3n) is 3.71. The van der Waals surface area contributed by atoms with Crippen molar-refractivity contribution in [1.29, 1.82) is 0 Å². The first-order valence-corrected chi connectivity index (χ1v) is 6.87. The maximum absolute atomic E-state index is 9.87. The number of fused-ring (bicyclic) bond motifs is 1. The van der Waals surface area contributed by atoms with Crippen molar-refractivity contribution < 1.29 is 5.11 Å². The highest BCUT2D eigenvalue weighted by atomic mass is 16.3. The second kappa shape index (κ2) is 5.22. The number of nitrogens with two attached hydrogens (primary N) is 1. The Morgan fingerprint density at radius 2 is 2.05 bits per heavy atom. The lowest BCUT2D eigenvalue weighted by Gasteiger charge is -2.30. The van der Waals surface area contributed by atoms with Gasteiger partial charge in [0.2, 0.25) is 0 Å². The Morgan fingerprint density at radius 1 is 1.30 bits per heavy atom. The predicted molar refractivity (Wildman–Crippen MR) is 79.7 cm³/mol. The fourth-order valence-corrected chi connectivity index (χ4v) is 2.71. The monoisotopic (exact) mass is 273 g/mol. The van der Waals surface area contributed by atoms with E-state index in [1.807, 2.05) is 18.2 Å². The van der Waals surface area contributed by atoms with Crippen LogP contribution in [0.3, 0.4) is 0 Å². The molecule has 0 amide bonds. The SMILES string of the molecule is C[C@H](O)c1cccc2c(N3CCNCC3)c(N)nnc12. The lowest BCUT2D eigenvalue weighted by molar-refractivity contribution is 0.200. The van der Waals surface area contributed by atoms with Gasteiger partial charge in [0.1, 0.15) is 5.52 Å². The fraction of sp³-hybridized carbons (Fsp3) is 0.429. The summed E-state index contributed by atoms with van der Waals surface area (Å²) in [7, 11) is 0. The number of rotatable bonds is 2. The van der Waals surface area contributed by atoms with E-state index < -0.39 is 6.10 Å². The first-order chi connectivity index (χ1) is 9.68. The maximum Gasteiger partial charge on any atom is 0.170 e. The van der Waals surface area contributed by atoms with Gasteiger partial charge >= 0.3 is 0 Å². The van der Waals surface area contributed by atoms with E-state index in [0.29, 0.717) is 5.82 Å². The highest BCUT2D eigenvalue weighted by Crippen LogP contribution is 2.33. The smallest absolute Gasteiger partial charge is 0.170 e. The van der Waals surface area contributed by atoms with Crippen molar-refractivity contribution in [3.8, 4) is 0 Å². The largest absolute Gasteiger partial charge is 0.389 e. The molecule has 1 aliphatic heterocycles. The van der Waals surface area contributed by atoms with E-state index in [1.54, 1.807) is 6.92 Å². The normalized spacial score (nSPS) is 17.4. The molecule has 4 N–H and O–H groups in total. The Kier molecular flexibility index (Phi) is 3.42. The number of hydrogen-bond donors (Lipinski definition) is 3. The Morgan fingerprint density at radius 3 is 2.75 bits per heavy atom. The molecule has 1 aliphatic rings. The number of nitrogens with one attached hydrogen (secondary N) is 1. The van der Waals surface area contributed by atoms with Crippen molar-refractivity contribution in [3.05, 3.63) is 23.8 Å². The number of nitrogen functional groups attached to an aromatic ring is 1. The Balaban J connectivity index is 2.19. The van der Waals surface area contributed by atoms with Gasteiger partial charge in [-0.05, 0) is 6.92 Å². The zero-order valence-electron chi connectivity index (χ0n) is 11.5. The molecule has 0 unspecified atom stereocenters. The second-order valence-electron chi connectivity index (χ2n) is 5.09. The lowest BCUT2D eigenvalue weighted by Crippen LogP contribution is -2.44. The molecule has 2 heterocycles. The van der Waals surface area contributed by atoms with Gasteiger partial charge < -0.3 is 21.1 Å². The van der Waals surface area contributed by atoms with Crippen molar-refractivity contribution in [2.24, 2.45) is 0 Å². The maximum atomic E-state index is 9.87. The standard InChI is InChI=1S/C14H19N5O/c1-9(20)10-3-2-4-11-12(10)17-18-14(15)13(11)19-7-5-16-6-8-19/h2-4,9,16,20H,5-8H2,1H3,(H2,15,18)/t9-/m0/s1. The van der Waals surface area contributed by atoms with Gasteiger partial charge in [0.05, 0.1) is 11.8 Å². The molecule has 1 aromatic heterocycles. The van der Waals surface area contributed by atoms with Crippen molar-refractivity contribution in [3.63, 3.8) is 0 Å². The summed E-state index contributed by atoms with van der Waals surface area (Å²) in [5.74, 6) is 0.446. The van der Waals surface area contributed by atoms with E-state index in [-0.39, 0.29) is 0 Å². The van der Waals surface area contributed by atoms with Crippen LogP contribution >= 0.6 is 0 Å². The van der Waals surface area contributed by atoms with E-state index in [9.17, 15) is 5.11 Å². The molecule has 0 radical (unpaired) electrons. The Labute approximate surface area is 117 Å².